The molecule has 1 aromatic carbocycles. The number of carbonyl (C=O) groups excluding carboxylic acids is 3. The molecule has 1 saturated carbocycles. The summed E-state index contributed by atoms with van der Waals surface area (Å²) in [4.78, 5) is 59.8. The lowest BCUT2D eigenvalue weighted by Gasteiger charge is -2.27. The minimum atomic E-state index is -0.864. The van der Waals surface area contributed by atoms with Crippen LogP contribution in [0.15, 0.2) is 45.8 Å². The third-order valence-corrected chi connectivity index (χ3v) is 9.63. The maximum atomic E-state index is 14.7. The summed E-state index contributed by atoms with van der Waals surface area (Å²) in [5, 5.41) is 11.7. The van der Waals surface area contributed by atoms with Crippen molar-refractivity contribution in [2.45, 2.75) is 72.3 Å². The number of piperidine rings is 1. The van der Waals surface area contributed by atoms with Crippen molar-refractivity contribution >= 4 is 50.2 Å². The van der Waals surface area contributed by atoms with E-state index in [2.05, 4.69) is 51.4 Å². The molecule has 1 aliphatic heterocycles. The minimum absolute atomic E-state index is 0.113. The van der Waals surface area contributed by atoms with Crippen LogP contribution >= 0.6 is 15.9 Å². The lowest BCUT2D eigenvalue weighted by Crippen LogP contribution is -2.47. The average molecular weight is 717 g/mol. The van der Waals surface area contributed by atoms with E-state index in [9.17, 15) is 18.8 Å². The van der Waals surface area contributed by atoms with Gasteiger partial charge < -0.3 is 14.7 Å². The number of anilines is 1. The van der Waals surface area contributed by atoms with E-state index >= 15 is 0 Å². The fraction of sp³-hybridized carbons (Fsp3) is 0.364. The van der Waals surface area contributed by atoms with E-state index in [-0.39, 0.29) is 41.4 Å². The molecule has 246 valence electrons. The molecule has 1 N–H and O–H groups in total. The van der Waals surface area contributed by atoms with Gasteiger partial charge in [0.25, 0.3) is 0 Å². The lowest BCUT2D eigenvalue weighted by atomic mass is 9.95. The van der Waals surface area contributed by atoms with Gasteiger partial charge in [0.1, 0.15) is 41.2 Å². The largest absolute Gasteiger partial charge is 0.339 e. The Balaban J connectivity index is 1.24. The van der Waals surface area contributed by atoms with Gasteiger partial charge in [0.05, 0.1) is 5.52 Å². The Bertz CT molecular complexity index is 2110. The van der Waals surface area contributed by atoms with Crippen LogP contribution in [-0.2, 0) is 29.2 Å². The highest BCUT2D eigenvalue weighted by Crippen LogP contribution is 2.61. The van der Waals surface area contributed by atoms with E-state index < -0.39 is 18.1 Å². The van der Waals surface area contributed by atoms with E-state index in [1.54, 1.807) is 49.3 Å². The SMILES string of the molecule is CC(=O)c1nn(CC(=O)N2C3C[C@]3(Cc3nc(C)no3)C[C@H]2C(=O)Nc2nc(Br)ccc2C)c2c(CF)cc(-c3cnc(C)nc3)cc12. The summed E-state index contributed by atoms with van der Waals surface area (Å²) in [7, 11) is 0. The number of aryl methyl sites for hydroxylation is 3. The summed E-state index contributed by atoms with van der Waals surface area (Å²) in [5.41, 5.74) is 2.32. The van der Waals surface area contributed by atoms with E-state index in [0.717, 1.165) is 5.56 Å². The molecule has 15 heteroatoms. The number of nitrogens with zero attached hydrogens (tertiary/aromatic N) is 8. The highest BCUT2D eigenvalue weighted by molar-refractivity contribution is 9.10. The third-order valence-electron chi connectivity index (χ3n) is 9.19. The van der Waals surface area contributed by atoms with Crippen molar-refractivity contribution in [3.05, 3.63) is 75.6 Å². The van der Waals surface area contributed by atoms with E-state index in [1.807, 2.05) is 13.0 Å². The number of halogens is 2. The molecule has 0 radical (unpaired) electrons. The average Bonchev–Trinajstić information content (AvgIpc) is 3.30. The zero-order valence-electron chi connectivity index (χ0n) is 26.6. The van der Waals surface area contributed by atoms with Gasteiger partial charge in [0.15, 0.2) is 11.6 Å². The van der Waals surface area contributed by atoms with Crippen LogP contribution in [0.4, 0.5) is 10.2 Å². The van der Waals surface area contributed by atoms with Gasteiger partial charge in [-0.15, -0.1) is 0 Å². The van der Waals surface area contributed by atoms with Gasteiger partial charge in [-0.25, -0.2) is 19.3 Å². The second kappa shape index (κ2) is 12.0. The standard InChI is InChI=1S/C33H31BrFN9O4/c1-16-5-6-26(34)39-31(16)40-32(47)24-9-33(11-27-38-19(4)42-48-27)10-25(33)44(24)28(46)15-43-30-21(12-35)7-20(22-13-36-18(3)37-14-22)8-23(30)29(41-43)17(2)45/h5-8,13-14,24-25H,9-12,15H2,1-4H3,(H,39,40,47)/t24-,25?,33-/m0/s1. The molecule has 2 fully saturated rings. The van der Waals surface area contributed by atoms with E-state index in [4.69, 9.17) is 4.52 Å². The van der Waals surface area contributed by atoms with Crippen molar-refractivity contribution in [1.82, 2.24) is 39.8 Å². The Labute approximate surface area is 282 Å². The molecule has 13 nitrogen and oxygen atoms in total. The molecule has 0 bridgehead atoms. The number of amides is 2. The quantitative estimate of drug-likeness (QED) is 0.165. The van der Waals surface area contributed by atoms with Gasteiger partial charge in [-0.3, -0.25) is 19.1 Å². The van der Waals surface area contributed by atoms with Crippen LogP contribution < -0.4 is 5.32 Å². The molecular formula is C33H31BrFN9O4. The molecule has 4 aromatic heterocycles. The number of hydrogen-bond acceptors (Lipinski definition) is 10. The van der Waals surface area contributed by atoms with Gasteiger partial charge in [-0.2, -0.15) is 10.1 Å². The van der Waals surface area contributed by atoms with Crippen molar-refractivity contribution in [2.24, 2.45) is 5.41 Å². The van der Waals surface area contributed by atoms with Gasteiger partial charge in [0.2, 0.25) is 17.7 Å². The smallest absolute Gasteiger partial charge is 0.248 e. The van der Waals surface area contributed by atoms with Crippen LogP contribution in [0, 0.1) is 26.2 Å². The predicted molar refractivity (Wildman–Crippen MR) is 174 cm³/mol. The topological polar surface area (TPSA) is 162 Å². The fourth-order valence-corrected chi connectivity index (χ4v) is 7.12. The molecule has 0 spiro atoms. The first-order chi connectivity index (χ1) is 23.0. The zero-order chi connectivity index (χ0) is 33.9. The monoisotopic (exact) mass is 715 g/mol. The fourth-order valence-electron chi connectivity index (χ4n) is 6.81. The van der Waals surface area contributed by atoms with Crippen molar-refractivity contribution in [1.29, 1.82) is 0 Å². The first kappa shape index (κ1) is 31.7. The number of nitrogens with one attached hydrogen (secondary N) is 1. The number of Topliss-reactive ketones (excluding diaryl/α,β-unsaturated/α-hetero) is 1. The number of pyridine rings is 1. The van der Waals surface area contributed by atoms with Gasteiger partial charge in [0, 0.05) is 53.7 Å². The van der Waals surface area contributed by atoms with Gasteiger partial charge in [-0.05, 0) is 78.9 Å². The second-order valence-corrected chi connectivity index (χ2v) is 13.4. The summed E-state index contributed by atoms with van der Waals surface area (Å²) in [6, 6.07) is 5.90. The molecule has 2 amide bonds. The molecule has 5 aromatic rings. The molecular weight excluding hydrogens is 685 g/mol. The Morgan fingerprint density at radius 3 is 2.52 bits per heavy atom. The van der Waals surface area contributed by atoms with E-state index in [0.29, 0.717) is 69.3 Å². The maximum Gasteiger partial charge on any atom is 0.248 e. The molecule has 1 aliphatic carbocycles. The summed E-state index contributed by atoms with van der Waals surface area (Å²) in [6.45, 7) is 5.53. The van der Waals surface area contributed by atoms with Crippen molar-refractivity contribution in [3.8, 4) is 11.1 Å². The predicted octanol–water partition coefficient (Wildman–Crippen LogP) is 4.87. The number of likely N-dealkylation sites (tertiary alicyclic amines) is 1. The molecule has 7 rings (SSSR count). The number of rotatable bonds is 9. The van der Waals surface area contributed by atoms with Crippen LogP contribution in [0.3, 0.4) is 0 Å². The number of hydrogen-bond donors (Lipinski definition) is 1. The maximum absolute atomic E-state index is 14.7. The molecule has 2 aliphatic rings. The van der Waals surface area contributed by atoms with Gasteiger partial charge >= 0.3 is 0 Å². The summed E-state index contributed by atoms with van der Waals surface area (Å²) >= 11 is 3.35. The highest BCUT2D eigenvalue weighted by atomic mass is 79.9. The first-order valence-corrected chi connectivity index (χ1v) is 16.2. The Kier molecular flexibility index (Phi) is 7.89. The number of benzene rings is 1. The number of carbonyl (C=O) groups is 3. The summed E-state index contributed by atoms with van der Waals surface area (Å²) in [6.07, 6.45) is 4.70. The van der Waals surface area contributed by atoms with Crippen molar-refractivity contribution in [3.63, 3.8) is 0 Å². The highest BCUT2D eigenvalue weighted by Gasteiger charge is 2.67. The number of alkyl halides is 1. The minimum Gasteiger partial charge on any atom is -0.339 e. The van der Waals surface area contributed by atoms with Crippen molar-refractivity contribution in [2.75, 3.05) is 5.32 Å². The first-order valence-electron chi connectivity index (χ1n) is 15.4. The van der Waals surface area contributed by atoms with E-state index in [1.165, 1.54) is 11.6 Å². The van der Waals surface area contributed by atoms with Crippen LogP contribution in [0.25, 0.3) is 22.0 Å². The van der Waals surface area contributed by atoms with Gasteiger partial charge in [-0.1, -0.05) is 11.2 Å². The Hall–Kier alpha value is -4.92. The van der Waals surface area contributed by atoms with Crippen LogP contribution in [-0.4, -0.2) is 69.5 Å². The zero-order valence-corrected chi connectivity index (χ0v) is 28.2. The molecule has 3 atom stereocenters. The summed E-state index contributed by atoms with van der Waals surface area (Å²) in [5.74, 6) is 0.818. The van der Waals surface area contributed by atoms with Crippen LogP contribution in [0.5, 0.6) is 0 Å². The second-order valence-electron chi connectivity index (χ2n) is 12.6. The lowest BCUT2D eigenvalue weighted by molar-refractivity contribution is -0.138. The van der Waals surface area contributed by atoms with Crippen molar-refractivity contribution < 1.29 is 23.3 Å². The molecule has 1 unspecified atom stereocenters. The Morgan fingerprint density at radius 2 is 1.83 bits per heavy atom. The number of aromatic nitrogens is 7. The van der Waals surface area contributed by atoms with Crippen LogP contribution in [0.1, 0.15) is 58.9 Å². The third kappa shape index (κ3) is 5.65. The molecule has 48 heavy (non-hydrogen) atoms. The normalized spacial score (nSPS) is 19.8. The number of fused-ring (bicyclic) bond motifs is 2. The number of ketones is 1. The molecule has 5 heterocycles. The summed E-state index contributed by atoms with van der Waals surface area (Å²) < 4.78 is 22.0. The van der Waals surface area contributed by atoms with Crippen LogP contribution in [0.2, 0.25) is 0 Å². The molecule has 1 saturated heterocycles. The Morgan fingerprint density at radius 1 is 1.06 bits per heavy atom.